The fourth-order valence-corrected chi connectivity index (χ4v) is 3.38. The number of rotatable bonds is 3. The SMILES string of the molecule is N#Cc1ccc(NCC(=O)N2CCC(=O)CC23CCC3)cc1. The van der Waals surface area contributed by atoms with E-state index in [-0.39, 0.29) is 23.8 Å². The van der Waals surface area contributed by atoms with Gasteiger partial charge in [0.1, 0.15) is 5.78 Å². The number of nitrogens with zero attached hydrogens (tertiary/aromatic N) is 2. The molecule has 1 aromatic carbocycles. The van der Waals surface area contributed by atoms with Gasteiger partial charge in [0.05, 0.1) is 18.2 Å². The average Bonchev–Trinajstić information content (AvgIpc) is 2.51. The first kappa shape index (κ1) is 14.6. The smallest absolute Gasteiger partial charge is 0.242 e. The molecule has 2 fully saturated rings. The molecule has 0 atom stereocenters. The van der Waals surface area contributed by atoms with Crippen molar-refractivity contribution in [1.82, 2.24) is 4.90 Å². The molecule has 22 heavy (non-hydrogen) atoms. The minimum Gasteiger partial charge on any atom is -0.376 e. The highest BCUT2D eigenvalue weighted by Crippen LogP contribution is 2.43. The van der Waals surface area contributed by atoms with Crippen LogP contribution in [0.3, 0.4) is 0 Å². The molecule has 1 aliphatic carbocycles. The van der Waals surface area contributed by atoms with Crippen molar-refractivity contribution in [2.24, 2.45) is 0 Å². The van der Waals surface area contributed by atoms with Gasteiger partial charge in [0.2, 0.25) is 5.91 Å². The van der Waals surface area contributed by atoms with Crippen LogP contribution in [0.2, 0.25) is 0 Å². The molecule has 3 rings (SSSR count). The summed E-state index contributed by atoms with van der Waals surface area (Å²) in [5.74, 6) is 0.334. The number of piperidine rings is 1. The second kappa shape index (κ2) is 5.80. The van der Waals surface area contributed by atoms with Crippen LogP contribution in [0, 0.1) is 11.3 Å². The highest BCUT2D eigenvalue weighted by Gasteiger charge is 2.48. The molecule has 0 bridgehead atoms. The number of hydrogen-bond acceptors (Lipinski definition) is 4. The lowest BCUT2D eigenvalue weighted by Crippen LogP contribution is -2.61. The zero-order chi connectivity index (χ0) is 15.6. The molecular formula is C17H19N3O2. The van der Waals surface area contributed by atoms with Crippen molar-refractivity contribution in [3.8, 4) is 6.07 Å². The van der Waals surface area contributed by atoms with E-state index in [0.717, 1.165) is 24.9 Å². The summed E-state index contributed by atoms with van der Waals surface area (Å²) in [6, 6.07) is 9.10. The summed E-state index contributed by atoms with van der Waals surface area (Å²) in [5.41, 5.74) is 1.22. The van der Waals surface area contributed by atoms with Crippen LogP contribution in [0.15, 0.2) is 24.3 Å². The zero-order valence-electron chi connectivity index (χ0n) is 12.5. The van der Waals surface area contributed by atoms with Gasteiger partial charge in [-0.2, -0.15) is 5.26 Å². The Balaban J connectivity index is 1.61. The molecule has 0 radical (unpaired) electrons. The molecule has 1 saturated heterocycles. The Labute approximate surface area is 129 Å². The van der Waals surface area contributed by atoms with Gasteiger partial charge in [-0.25, -0.2) is 0 Å². The molecule has 1 N–H and O–H groups in total. The number of Topliss-reactive ketones (excluding diaryl/α,β-unsaturated/α-hetero) is 1. The first-order valence-electron chi connectivity index (χ1n) is 7.69. The van der Waals surface area contributed by atoms with Gasteiger partial charge in [-0.15, -0.1) is 0 Å². The van der Waals surface area contributed by atoms with Crippen LogP contribution in [0.4, 0.5) is 5.69 Å². The Hall–Kier alpha value is -2.35. The van der Waals surface area contributed by atoms with Gasteiger partial charge in [-0.05, 0) is 43.5 Å². The van der Waals surface area contributed by atoms with Crippen LogP contribution in [-0.4, -0.2) is 35.2 Å². The maximum absolute atomic E-state index is 12.5. The Morgan fingerprint density at radius 2 is 2.05 bits per heavy atom. The molecule has 0 unspecified atom stereocenters. The van der Waals surface area contributed by atoms with E-state index >= 15 is 0 Å². The minimum atomic E-state index is -0.196. The van der Waals surface area contributed by atoms with Crippen molar-refractivity contribution < 1.29 is 9.59 Å². The van der Waals surface area contributed by atoms with Crippen LogP contribution in [0.25, 0.3) is 0 Å². The van der Waals surface area contributed by atoms with Crippen LogP contribution in [0.5, 0.6) is 0 Å². The van der Waals surface area contributed by atoms with Crippen molar-refractivity contribution in [3.63, 3.8) is 0 Å². The lowest BCUT2D eigenvalue weighted by Gasteiger charge is -2.52. The lowest BCUT2D eigenvalue weighted by molar-refractivity contribution is -0.147. The number of ketones is 1. The predicted molar refractivity (Wildman–Crippen MR) is 82.2 cm³/mol. The van der Waals surface area contributed by atoms with Crippen molar-refractivity contribution in [3.05, 3.63) is 29.8 Å². The largest absolute Gasteiger partial charge is 0.376 e. The summed E-state index contributed by atoms with van der Waals surface area (Å²) in [6.07, 6.45) is 3.99. The summed E-state index contributed by atoms with van der Waals surface area (Å²) in [4.78, 5) is 26.1. The van der Waals surface area contributed by atoms with E-state index in [1.54, 1.807) is 24.3 Å². The highest BCUT2D eigenvalue weighted by molar-refractivity contribution is 5.87. The number of hydrogen-bond donors (Lipinski definition) is 1. The van der Waals surface area contributed by atoms with Gasteiger partial charge in [-0.3, -0.25) is 9.59 Å². The van der Waals surface area contributed by atoms with Gasteiger partial charge in [0, 0.05) is 30.6 Å². The molecule has 1 aromatic rings. The first-order chi connectivity index (χ1) is 10.6. The van der Waals surface area contributed by atoms with E-state index in [4.69, 9.17) is 5.26 Å². The normalized spacial score (nSPS) is 19.4. The zero-order valence-corrected chi connectivity index (χ0v) is 12.5. The van der Waals surface area contributed by atoms with Crippen molar-refractivity contribution >= 4 is 17.4 Å². The topological polar surface area (TPSA) is 73.2 Å². The van der Waals surface area contributed by atoms with E-state index in [1.807, 2.05) is 4.90 Å². The van der Waals surface area contributed by atoms with Crippen LogP contribution in [0.1, 0.15) is 37.7 Å². The second-order valence-electron chi connectivity index (χ2n) is 6.13. The summed E-state index contributed by atoms with van der Waals surface area (Å²) in [7, 11) is 0. The number of likely N-dealkylation sites (tertiary alicyclic amines) is 1. The number of benzene rings is 1. The molecule has 1 spiro atoms. The lowest BCUT2D eigenvalue weighted by atomic mass is 9.69. The monoisotopic (exact) mass is 297 g/mol. The second-order valence-corrected chi connectivity index (χ2v) is 6.13. The molecule has 5 heteroatoms. The van der Waals surface area contributed by atoms with Gasteiger partial charge in [0.15, 0.2) is 0 Å². The third kappa shape index (κ3) is 2.69. The van der Waals surface area contributed by atoms with Gasteiger partial charge in [-0.1, -0.05) is 0 Å². The molecule has 5 nitrogen and oxygen atoms in total. The summed E-state index contributed by atoms with van der Waals surface area (Å²) >= 11 is 0. The molecule has 1 aliphatic heterocycles. The molecular weight excluding hydrogens is 278 g/mol. The van der Waals surface area contributed by atoms with Gasteiger partial charge in [0.25, 0.3) is 0 Å². The maximum atomic E-state index is 12.5. The van der Waals surface area contributed by atoms with E-state index in [9.17, 15) is 9.59 Å². The molecule has 0 aromatic heterocycles. The van der Waals surface area contributed by atoms with E-state index in [0.29, 0.717) is 24.9 Å². The van der Waals surface area contributed by atoms with Gasteiger partial charge < -0.3 is 10.2 Å². The minimum absolute atomic E-state index is 0.0524. The number of anilines is 1. The summed E-state index contributed by atoms with van der Waals surface area (Å²) in [6.45, 7) is 0.772. The van der Waals surface area contributed by atoms with Crippen LogP contribution < -0.4 is 5.32 Å². The van der Waals surface area contributed by atoms with Crippen LogP contribution in [-0.2, 0) is 9.59 Å². The maximum Gasteiger partial charge on any atom is 0.242 e. The third-order valence-electron chi connectivity index (χ3n) is 4.76. The standard InChI is InChI=1S/C17H19N3O2/c18-11-13-2-4-14(5-3-13)19-12-16(22)20-9-6-15(21)10-17(20)7-1-8-17/h2-5,19H,1,6-10,12H2. The van der Waals surface area contributed by atoms with Crippen molar-refractivity contribution in [1.29, 1.82) is 5.26 Å². The Bertz CT molecular complexity index is 626. The first-order valence-corrected chi connectivity index (χ1v) is 7.69. The Morgan fingerprint density at radius 1 is 1.32 bits per heavy atom. The van der Waals surface area contributed by atoms with Gasteiger partial charge >= 0.3 is 0 Å². The fraction of sp³-hybridized carbons (Fsp3) is 0.471. The Morgan fingerprint density at radius 3 is 2.64 bits per heavy atom. The van der Waals surface area contributed by atoms with E-state index in [2.05, 4.69) is 11.4 Å². The fourth-order valence-electron chi connectivity index (χ4n) is 3.38. The highest BCUT2D eigenvalue weighted by atomic mass is 16.2. The molecule has 114 valence electrons. The van der Waals surface area contributed by atoms with Crippen molar-refractivity contribution in [2.45, 2.75) is 37.6 Å². The quantitative estimate of drug-likeness (QED) is 0.927. The number of carbonyl (C=O) groups is 2. The number of amides is 1. The number of nitrogens with one attached hydrogen (secondary N) is 1. The van der Waals surface area contributed by atoms with E-state index in [1.165, 1.54) is 0 Å². The number of carbonyl (C=O) groups excluding carboxylic acids is 2. The average molecular weight is 297 g/mol. The summed E-state index contributed by atoms with van der Waals surface area (Å²) < 4.78 is 0. The van der Waals surface area contributed by atoms with Crippen molar-refractivity contribution in [2.75, 3.05) is 18.4 Å². The molecule has 2 aliphatic rings. The third-order valence-corrected chi connectivity index (χ3v) is 4.76. The predicted octanol–water partition coefficient (Wildman–Crippen LogP) is 2.08. The van der Waals surface area contributed by atoms with Crippen LogP contribution >= 0.6 is 0 Å². The molecule has 1 heterocycles. The molecule has 1 saturated carbocycles. The summed E-state index contributed by atoms with van der Waals surface area (Å²) in [5, 5.41) is 11.9. The Kier molecular flexibility index (Phi) is 3.84. The number of nitriles is 1. The molecule has 1 amide bonds. The van der Waals surface area contributed by atoms with E-state index < -0.39 is 0 Å².